The zero-order valence-electron chi connectivity index (χ0n) is 16.3. The molecule has 0 radical (unpaired) electrons. The van der Waals surface area contributed by atoms with Crippen molar-refractivity contribution >= 4 is 29.2 Å². The molecule has 0 unspecified atom stereocenters. The number of aldehydes is 1. The molecule has 1 aliphatic heterocycles. The molecule has 3 aromatic rings. The fraction of sp³-hybridized carbons (Fsp3) is 0.227. The van der Waals surface area contributed by atoms with Crippen molar-refractivity contribution in [1.29, 1.82) is 0 Å². The number of ether oxygens (including phenoxy) is 1. The van der Waals surface area contributed by atoms with Crippen LogP contribution in [0, 0.1) is 0 Å². The van der Waals surface area contributed by atoms with E-state index in [1.165, 1.54) is 10.6 Å². The molecule has 2 N–H and O–H groups in total. The number of hydrogen-bond donors (Lipinski definition) is 2. The van der Waals surface area contributed by atoms with Crippen molar-refractivity contribution in [3.05, 3.63) is 53.1 Å². The first-order chi connectivity index (χ1) is 13.7. The lowest BCUT2D eigenvalue weighted by molar-refractivity contribution is 0.0546. The fourth-order valence-corrected chi connectivity index (χ4v) is 3.56. The summed E-state index contributed by atoms with van der Waals surface area (Å²) >= 11 is 0. The summed E-state index contributed by atoms with van der Waals surface area (Å²) in [5, 5.41) is 13.5. The second-order valence-electron chi connectivity index (χ2n) is 7.95. The molecule has 2 aromatic carbocycles. The van der Waals surface area contributed by atoms with Crippen LogP contribution in [-0.2, 0) is 11.3 Å². The van der Waals surface area contributed by atoms with Crippen molar-refractivity contribution in [2.75, 3.05) is 0 Å². The van der Waals surface area contributed by atoms with Gasteiger partial charge in [-0.3, -0.25) is 9.59 Å². The van der Waals surface area contributed by atoms with Gasteiger partial charge in [-0.1, -0.05) is 0 Å². The van der Waals surface area contributed by atoms with Gasteiger partial charge in [-0.25, -0.2) is 9.36 Å². The molecule has 148 valence electrons. The number of nitrogens with zero attached hydrogens (tertiary/aromatic N) is 1. The minimum atomic E-state index is -0.720. The highest BCUT2D eigenvalue weighted by Gasteiger charge is 2.30. The predicted molar refractivity (Wildman–Crippen MR) is 107 cm³/mol. The zero-order chi connectivity index (χ0) is 20.9. The third kappa shape index (κ3) is 3.14. The predicted octanol–water partition coefficient (Wildman–Crippen LogP) is 3.85. The summed E-state index contributed by atoms with van der Waals surface area (Å²) in [6.45, 7) is 5.53. The third-order valence-corrected chi connectivity index (χ3v) is 4.75. The van der Waals surface area contributed by atoms with Gasteiger partial charge in [-0.15, -0.1) is 0 Å². The SMILES string of the molecule is CC(C)(C)OC(=O)n1c(-c2ccc(O)c3c2C(=O)NC3)cc2cc(C=O)ccc21. The maximum absolute atomic E-state index is 13.1. The lowest BCUT2D eigenvalue weighted by atomic mass is 9.99. The molecule has 2 heterocycles. The molecule has 0 atom stereocenters. The number of carbonyl (C=O) groups excluding carboxylic acids is 3. The van der Waals surface area contributed by atoms with E-state index in [1.54, 1.807) is 51.1 Å². The standard InChI is InChI=1S/C22H20N2O5/c1-22(2,3)29-21(28)24-16-6-4-12(11-25)8-13(16)9-17(24)14-5-7-18(26)15-10-23-20(27)19(14)15/h4-9,11,26H,10H2,1-3H3,(H,23,27). The number of benzene rings is 2. The second-order valence-corrected chi connectivity index (χ2v) is 7.95. The van der Waals surface area contributed by atoms with Gasteiger partial charge in [0.1, 0.15) is 17.6 Å². The Bertz CT molecular complexity index is 1180. The van der Waals surface area contributed by atoms with E-state index in [-0.39, 0.29) is 18.2 Å². The van der Waals surface area contributed by atoms with Gasteiger partial charge in [0.05, 0.1) is 16.8 Å². The van der Waals surface area contributed by atoms with Crippen molar-refractivity contribution in [1.82, 2.24) is 9.88 Å². The number of hydrogen-bond acceptors (Lipinski definition) is 5. The third-order valence-electron chi connectivity index (χ3n) is 4.75. The van der Waals surface area contributed by atoms with Crippen LogP contribution in [0.15, 0.2) is 36.4 Å². The molecule has 1 amide bonds. The van der Waals surface area contributed by atoms with Gasteiger partial charge in [0.25, 0.3) is 5.91 Å². The highest BCUT2D eigenvalue weighted by molar-refractivity contribution is 6.07. The van der Waals surface area contributed by atoms with Crippen LogP contribution >= 0.6 is 0 Å². The Morgan fingerprint density at radius 3 is 2.66 bits per heavy atom. The van der Waals surface area contributed by atoms with E-state index in [9.17, 15) is 19.5 Å². The van der Waals surface area contributed by atoms with Crippen LogP contribution in [0.3, 0.4) is 0 Å². The average molecular weight is 392 g/mol. The van der Waals surface area contributed by atoms with Gasteiger partial charge >= 0.3 is 6.09 Å². The maximum atomic E-state index is 13.1. The van der Waals surface area contributed by atoms with Gasteiger partial charge in [-0.2, -0.15) is 0 Å². The van der Waals surface area contributed by atoms with E-state index in [2.05, 4.69) is 5.32 Å². The van der Waals surface area contributed by atoms with Crippen molar-refractivity contribution in [3.8, 4) is 17.0 Å². The lowest BCUT2D eigenvalue weighted by Gasteiger charge is -2.21. The lowest BCUT2D eigenvalue weighted by Crippen LogP contribution is -2.27. The molecule has 0 bridgehead atoms. The van der Waals surface area contributed by atoms with E-state index in [0.717, 1.165) is 6.29 Å². The molecule has 0 saturated heterocycles. The molecular weight excluding hydrogens is 372 g/mol. The Balaban J connectivity index is 2.01. The van der Waals surface area contributed by atoms with E-state index >= 15 is 0 Å². The van der Waals surface area contributed by atoms with E-state index < -0.39 is 11.7 Å². The first kappa shape index (κ1) is 18.7. The van der Waals surface area contributed by atoms with E-state index in [0.29, 0.717) is 38.9 Å². The Morgan fingerprint density at radius 2 is 1.97 bits per heavy atom. The second kappa shape index (κ2) is 6.48. The summed E-state index contributed by atoms with van der Waals surface area (Å²) in [5.74, 6) is -0.300. The molecule has 0 saturated carbocycles. The maximum Gasteiger partial charge on any atom is 0.419 e. The molecule has 0 fully saturated rings. The number of rotatable bonds is 2. The molecule has 1 aromatic heterocycles. The normalized spacial score (nSPS) is 13.3. The molecule has 0 aliphatic carbocycles. The van der Waals surface area contributed by atoms with Gasteiger partial charge in [0.2, 0.25) is 0 Å². The van der Waals surface area contributed by atoms with Gasteiger partial charge < -0.3 is 15.2 Å². The number of fused-ring (bicyclic) bond motifs is 2. The van der Waals surface area contributed by atoms with Crippen molar-refractivity contribution in [2.45, 2.75) is 32.9 Å². The Morgan fingerprint density at radius 1 is 1.21 bits per heavy atom. The minimum Gasteiger partial charge on any atom is -0.508 e. The molecule has 7 heteroatoms. The van der Waals surface area contributed by atoms with Crippen molar-refractivity contribution in [2.24, 2.45) is 0 Å². The molecule has 1 aliphatic rings. The highest BCUT2D eigenvalue weighted by atomic mass is 16.6. The smallest absolute Gasteiger partial charge is 0.419 e. The van der Waals surface area contributed by atoms with E-state index in [4.69, 9.17) is 4.74 Å². The monoisotopic (exact) mass is 392 g/mol. The molecular formula is C22H20N2O5. The summed E-state index contributed by atoms with van der Waals surface area (Å²) in [6, 6.07) is 9.82. The van der Waals surface area contributed by atoms with Crippen LogP contribution in [0.2, 0.25) is 0 Å². The van der Waals surface area contributed by atoms with Crippen LogP contribution in [0.5, 0.6) is 5.75 Å². The Kier molecular flexibility index (Phi) is 4.19. The number of phenolic OH excluding ortho intramolecular Hbond substituents is 1. The summed E-state index contributed by atoms with van der Waals surface area (Å²) in [5.41, 5.74) is 2.07. The summed E-state index contributed by atoms with van der Waals surface area (Å²) in [6.07, 6.45) is 0.136. The Hall–Kier alpha value is -3.61. The largest absolute Gasteiger partial charge is 0.508 e. The van der Waals surface area contributed by atoms with Crippen LogP contribution in [-0.4, -0.2) is 33.6 Å². The molecule has 4 rings (SSSR count). The van der Waals surface area contributed by atoms with Crippen LogP contribution < -0.4 is 5.32 Å². The van der Waals surface area contributed by atoms with Gasteiger partial charge in [0.15, 0.2) is 0 Å². The first-order valence-corrected chi connectivity index (χ1v) is 9.17. The van der Waals surface area contributed by atoms with Crippen molar-refractivity contribution < 1.29 is 24.2 Å². The number of carbonyl (C=O) groups is 3. The van der Waals surface area contributed by atoms with Crippen LogP contribution in [0.25, 0.3) is 22.2 Å². The highest BCUT2D eigenvalue weighted by Crippen LogP contribution is 2.37. The minimum absolute atomic E-state index is 0.0188. The van der Waals surface area contributed by atoms with Gasteiger partial charge in [0, 0.05) is 28.6 Å². The quantitative estimate of drug-likeness (QED) is 0.646. The van der Waals surface area contributed by atoms with E-state index in [1.807, 2.05) is 0 Å². The summed E-state index contributed by atoms with van der Waals surface area (Å²) < 4.78 is 6.98. The molecule has 0 spiro atoms. The number of phenols is 1. The summed E-state index contributed by atoms with van der Waals surface area (Å²) in [4.78, 5) is 36.7. The zero-order valence-corrected chi connectivity index (χ0v) is 16.3. The van der Waals surface area contributed by atoms with Crippen molar-refractivity contribution in [3.63, 3.8) is 0 Å². The number of aromatic nitrogens is 1. The average Bonchev–Trinajstić information content (AvgIpc) is 3.22. The molecule has 7 nitrogen and oxygen atoms in total. The topological polar surface area (TPSA) is 97.6 Å². The fourth-order valence-electron chi connectivity index (χ4n) is 3.56. The molecule has 29 heavy (non-hydrogen) atoms. The number of nitrogens with one attached hydrogen (secondary N) is 1. The summed E-state index contributed by atoms with van der Waals surface area (Å²) in [7, 11) is 0. The van der Waals surface area contributed by atoms with Gasteiger partial charge in [-0.05, 0) is 57.2 Å². The number of aromatic hydroxyl groups is 1. The first-order valence-electron chi connectivity index (χ1n) is 9.17. The van der Waals surface area contributed by atoms with Crippen LogP contribution in [0.1, 0.15) is 47.1 Å². The van der Waals surface area contributed by atoms with Crippen LogP contribution in [0.4, 0.5) is 4.79 Å². The Labute approximate surface area is 166 Å². The number of amides is 1.